The summed E-state index contributed by atoms with van der Waals surface area (Å²) in [5.74, 6) is -1.10. The summed E-state index contributed by atoms with van der Waals surface area (Å²) in [4.78, 5) is 32.6. The van der Waals surface area contributed by atoms with Crippen LogP contribution in [0.3, 0.4) is 0 Å². The topological polar surface area (TPSA) is 131 Å². The Bertz CT molecular complexity index is 1220. The highest BCUT2D eigenvalue weighted by molar-refractivity contribution is 6.00. The molecule has 0 atom stereocenters. The first-order valence-electron chi connectivity index (χ1n) is 10.5. The van der Waals surface area contributed by atoms with Crippen LogP contribution in [0.25, 0.3) is 0 Å². The van der Waals surface area contributed by atoms with E-state index in [-0.39, 0.29) is 23.7 Å². The van der Waals surface area contributed by atoms with E-state index in [9.17, 15) is 22.8 Å². The van der Waals surface area contributed by atoms with E-state index in [1.165, 1.54) is 24.8 Å². The molecular formula is C23H21F3N6O3. The van der Waals surface area contributed by atoms with Crippen LogP contribution in [0.15, 0.2) is 61.2 Å². The van der Waals surface area contributed by atoms with Gasteiger partial charge in [0.2, 0.25) is 5.91 Å². The molecule has 1 aliphatic carbocycles. The third-order valence-electron chi connectivity index (χ3n) is 5.30. The molecule has 1 aromatic heterocycles. The fraction of sp³-hybridized carbons (Fsp3) is 0.217. The number of hydrogen-bond donors (Lipinski definition) is 4. The summed E-state index contributed by atoms with van der Waals surface area (Å²) in [7, 11) is 0. The smallest absolute Gasteiger partial charge is 0.406 e. The number of nitrogen functional groups attached to an aromatic ring is 1. The van der Waals surface area contributed by atoms with E-state index in [1.54, 1.807) is 24.3 Å². The zero-order chi connectivity index (χ0) is 25.1. The van der Waals surface area contributed by atoms with Crippen molar-refractivity contribution in [3.8, 4) is 5.75 Å². The van der Waals surface area contributed by atoms with Crippen molar-refractivity contribution in [2.75, 3.05) is 11.1 Å². The fourth-order valence-electron chi connectivity index (χ4n) is 3.30. The van der Waals surface area contributed by atoms with Gasteiger partial charge in [-0.05, 0) is 42.7 Å². The highest BCUT2D eigenvalue weighted by Gasteiger charge is 2.51. The molecule has 0 spiro atoms. The molecule has 0 aliphatic heterocycles. The Balaban J connectivity index is 1.30. The molecule has 1 heterocycles. The van der Waals surface area contributed by atoms with Crippen molar-refractivity contribution in [3.05, 3.63) is 72.3 Å². The molecule has 1 saturated carbocycles. The van der Waals surface area contributed by atoms with Crippen molar-refractivity contribution >= 4 is 28.9 Å². The van der Waals surface area contributed by atoms with E-state index in [2.05, 4.69) is 30.7 Å². The lowest BCUT2D eigenvalue weighted by atomic mass is 10.1. The number of rotatable bonds is 8. The van der Waals surface area contributed by atoms with Crippen LogP contribution in [0.1, 0.15) is 28.8 Å². The first-order chi connectivity index (χ1) is 16.6. The molecule has 9 nitrogen and oxygen atoms in total. The lowest BCUT2D eigenvalue weighted by molar-refractivity contribution is -0.274. The second-order valence-electron chi connectivity index (χ2n) is 7.96. The fourth-order valence-corrected chi connectivity index (χ4v) is 3.30. The minimum absolute atomic E-state index is 0.0851. The monoisotopic (exact) mass is 486 g/mol. The van der Waals surface area contributed by atoms with Crippen molar-refractivity contribution < 1.29 is 27.5 Å². The predicted molar refractivity (Wildman–Crippen MR) is 121 cm³/mol. The Morgan fingerprint density at radius 3 is 2.34 bits per heavy atom. The molecule has 1 fully saturated rings. The maximum atomic E-state index is 12.7. The molecule has 0 radical (unpaired) electrons. The van der Waals surface area contributed by atoms with Gasteiger partial charge in [0.15, 0.2) is 0 Å². The van der Waals surface area contributed by atoms with Gasteiger partial charge in [-0.1, -0.05) is 12.1 Å². The molecule has 5 N–H and O–H groups in total. The molecule has 2 aromatic carbocycles. The largest absolute Gasteiger partial charge is 0.573 e. The average Bonchev–Trinajstić information content (AvgIpc) is 3.60. The molecule has 2 amide bonds. The number of aromatic nitrogens is 2. The number of nitrogens with two attached hydrogens (primary N) is 1. The third-order valence-corrected chi connectivity index (χ3v) is 5.30. The van der Waals surface area contributed by atoms with Crippen LogP contribution >= 0.6 is 0 Å². The number of halogens is 3. The van der Waals surface area contributed by atoms with Crippen LogP contribution in [-0.2, 0) is 11.3 Å². The Morgan fingerprint density at radius 1 is 1.06 bits per heavy atom. The number of benzene rings is 2. The van der Waals surface area contributed by atoms with Crippen LogP contribution in [0.4, 0.5) is 30.2 Å². The van der Waals surface area contributed by atoms with Gasteiger partial charge in [0.1, 0.15) is 17.6 Å². The summed E-state index contributed by atoms with van der Waals surface area (Å²) in [6.45, 7) is 0.247. The lowest BCUT2D eigenvalue weighted by Crippen LogP contribution is -2.48. The molecule has 182 valence electrons. The number of nitrogens with zero attached hydrogens (tertiary/aromatic N) is 2. The van der Waals surface area contributed by atoms with E-state index in [1.807, 2.05) is 0 Å². The lowest BCUT2D eigenvalue weighted by Gasteiger charge is -2.17. The van der Waals surface area contributed by atoms with Gasteiger partial charge < -0.3 is 26.4 Å². The summed E-state index contributed by atoms with van der Waals surface area (Å²) in [5.41, 5.74) is 7.12. The van der Waals surface area contributed by atoms with Crippen molar-refractivity contribution in [3.63, 3.8) is 0 Å². The van der Waals surface area contributed by atoms with Gasteiger partial charge >= 0.3 is 6.36 Å². The highest BCUT2D eigenvalue weighted by Crippen LogP contribution is 2.36. The summed E-state index contributed by atoms with van der Waals surface area (Å²) < 4.78 is 40.9. The quantitative estimate of drug-likeness (QED) is 0.360. The molecular weight excluding hydrogens is 465 g/mol. The van der Waals surface area contributed by atoms with Crippen molar-refractivity contribution in [2.45, 2.75) is 31.3 Å². The van der Waals surface area contributed by atoms with Crippen LogP contribution in [0.2, 0.25) is 0 Å². The van der Waals surface area contributed by atoms with E-state index >= 15 is 0 Å². The van der Waals surface area contributed by atoms with E-state index in [0.29, 0.717) is 24.2 Å². The average molecular weight is 486 g/mol. The summed E-state index contributed by atoms with van der Waals surface area (Å²) in [6.07, 6.45) is 0.350. The number of amides is 2. The Morgan fingerprint density at radius 2 is 1.74 bits per heavy atom. The van der Waals surface area contributed by atoms with Gasteiger partial charge in [-0.25, -0.2) is 9.97 Å². The Labute approximate surface area is 197 Å². The van der Waals surface area contributed by atoms with Crippen molar-refractivity contribution in [1.29, 1.82) is 0 Å². The molecule has 35 heavy (non-hydrogen) atoms. The van der Waals surface area contributed by atoms with Gasteiger partial charge in [-0.2, -0.15) is 0 Å². The minimum atomic E-state index is -4.80. The normalized spacial score (nSPS) is 14.0. The van der Waals surface area contributed by atoms with E-state index in [0.717, 1.165) is 17.7 Å². The zero-order valence-corrected chi connectivity index (χ0v) is 18.2. The van der Waals surface area contributed by atoms with Crippen LogP contribution < -0.4 is 26.4 Å². The second-order valence-corrected chi connectivity index (χ2v) is 7.96. The highest BCUT2D eigenvalue weighted by atomic mass is 19.4. The number of carbonyl (C=O) groups is 2. The number of nitrogens with one attached hydrogen (secondary N) is 3. The maximum Gasteiger partial charge on any atom is 0.573 e. The predicted octanol–water partition coefficient (Wildman–Crippen LogP) is 3.28. The molecule has 0 saturated heterocycles. The summed E-state index contributed by atoms with van der Waals surface area (Å²) in [6, 6.07) is 10.7. The van der Waals surface area contributed by atoms with Gasteiger partial charge in [0, 0.05) is 30.7 Å². The van der Waals surface area contributed by atoms with Crippen LogP contribution in [0, 0.1) is 0 Å². The SMILES string of the molecule is Nc1cc(OC(F)(F)F)ccc1Nc1ccc(CNC(=O)C2(NC(=O)c3cncnc3)CC2)cc1. The minimum Gasteiger partial charge on any atom is -0.406 e. The van der Waals surface area contributed by atoms with Crippen LogP contribution in [-0.4, -0.2) is 33.7 Å². The van der Waals surface area contributed by atoms with Crippen molar-refractivity contribution in [2.24, 2.45) is 0 Å². The number of hydrogen-bond acceptors (Lipinski definition) is 7. The summed E-state index contributed by atoms with van der Waals surface area (Å²) in [5, 5.41) is 8.60. The Kier molecular flexibility index (Phi) is 6.45. The van der Waals surface area contributed by atoms with Gasteiger partial charge in [-0.15, -0.1) is 13.2 Å². The van der Waals surface area contributed by atoms with E-state index < -0.39 is 23.6 Å². The van der Waals surface area contributed by atoms with Crippen LogP contribution in [0.5, 0.6) is 5.75 Å². The van der Waals surface area contributed by atoms with Gasteiger partial charge in [0.25, 0.3) is 5.91 Å². The second kappa shape index (κ2) is 9.49. The molecule has 4 rings (SSSR count). The molecule has 0 bridgehead atoms. The number of carbonyl (C=O) groups excluding carboxylic acids is 2. The number of ether oxygens (including phenoxy) is 1. The van der Waals surface area contributed by atoms with Gasteiger partial charge in [-0.3, -0.25) is 9.59 Å². The first-order valence-corrected chi connectivity index (χ1v) is 10.5. The molecule has 3 aromatic rings. The van der Waals surface area contributed by atoms with E-state index in [4.69, 9.17) is 5.73 Å². The molecule has 0 unspecified atom stereocenters. The number of alkyl halides is 3. The zero-order valence-electron chi connectivity index (χ0n) is 18.2. The van der Waals surface area contributed by atoms with Gasteiger partial charge in [0.05, 0.1) is 16.9 Å². The molecule has 12 heteroatoms. The third kappa shape index (κ3) is 6.16. The molecule has 1 aliphatic rings. The standard InChI is InChI=1S/C23H21F3N6O3/c24-23(25,26)35-17-5-6-19(18(27)9-17)31-16-3-1-14(2-4-16)10-30-21(34)22(7-8-22)32-20(33)15-11-28-13-29-12-15/h1-6,9,11-13,31H,7-8,10,27H2,(H,30,34)(H,32,33). The number of anilines is 3. The van der Waals surface area contributed by atoms with Crippen molar-refractivity contribution in [1.82, 2.24) is 20.6 Å². The summed E-state index contributed by atoms with van der Waals surface area (Å²) >= 11 is 0. The first kappa shape index (κ1) is 23.8. The Hall–Kier alpha value is -4.35. The maximum absolute atomic E-state index is 12.7.